The second-order valence-corrected chi connectivity index (χ2v) is 4.15. The molecule has 0 unspecified atom stereocenters. The summed E-state index contributed by atoms with van der Waals surface area (Å²) in [6, 6.07) is 5.27. The minimum absolute atomic E-state index is 0.327. The van der Waals surface area contributed by atoms with Crippen LogP contribution in [0, 0.1) is 11.7 Å². The first-order valence-corrected chi connectivity index (χ1v) is 5.49. The zero-order valence-electron chi connectivity index (χ0n) is 10.3. The zero-order chi connectivity index (χ0) is 12.8. The first-order chi connectivity index (χ1) is 7.99. The molecule has 0 fully saturated rings. The Hall–Kier alpha value is -1.84. The molecular formula is C13H17FN2O. The molecule has 0 bridgehead atoms. The number of anilines is 1. The van der Waals surface area contributed by atoms with Crippen molar-refractivity contribution in [3.05, 3.63) is 41.9 Å². The monoisotopic (exact) mass is 236 g/mol. The molecule has 0 radical (unpaired) electrons. The third kappa shape index (κ3) is 4.68. The van der Waals surface area contributed by atoms with E-state index in [9.17, 15) is 9.18 Å². The van der Waals surface area contributed by atoms with Crippen molar-refractivity contribution in [3.63, 3.8) is 0 Å². The lowest BCUT2D eigenvalue weighted by Gasteiger charge is -2.07. The second kappa shape index (κ2) is 6.03. The van der Waals surface area contributed by atoms with Gasteiger partial charge in [-0.05, 0) is 37.1 Å². The summed E-state index contributed by atoms with van der Waals surface area (Å²) in [4.78, 5) is 11.5. The highest BCUT2D eigenvalue weighted by atomic mass is 19.1. The molecule has 2 amide bonds. The van der Waals surface area contributed by atoms with Crippen molar-refractivity contribution in [1.29, 1.82) is 0 Å². The molecule has 0 spiro atoms. The quantitative estimate of drug-likeness (QED) is 0.828. The predicted molar refractivity (Wildman–Crippen MR) is 67.1 cm³/mol. The molecule has 2 N–H and O–H groups in total. The Morgan fingerprint density at radius 3 is 2.41 bits per heavy atom. The van der Waals surface area contributed by atoms with Crippen molar-refractivity contribution in [3.8, 4) is 0 Å². The van der Waals surface area contributed by atoms with E-state index in [2.05, 4.69) is 10.6 Å². The highest BCUT2D eigenvalue weighted by Gasteiger charge is 2.01. The van der Waals surface area contributed by atoms with Crippen molar-refractivity contribution in [2.75, 3.05) is 5.32 Å². The van der Waals surface area contributed by atoms with Gasteiger partial charge in [-0.1, -0.05) is 19.4 Å². The number of benzene rings is 1. The van der Waals surface area contributed by atoms with Crippen LogP contribution in [-0.4, -0.2) is 6.03 Å². The average molecular weight is 236 g/mol. The molecule has 0 atom stereocenters. The van der Waals surface area contributed by atoms with Gasteiger partial charge in [0.1, 0.15) is 5.82 Å². The number of allylic oxidation sites excluding steroid dienone is 1. The average Bonchev–Trinajstić information content (AvgIpc) is 2.29. The van der Waals surface area contributed by atoms with Gasteiger partial charge in [-0.3, -0.25) is 0 Å². The summed E-state index contributed by atoms with van der Waals surface area (Å²) in [5.74, 6) is 0.0626. The van der Waals surface area contributed by atoms with E-state index >= 15 is 0 Å². The first kappa shape index (κ1) is 13.2. The molecule has 92 valence electrons. The van der Waals surface area contributed by atoms with Gasteiger partial charge in [0.2, 0.25) is 0 Å². The Morgan fingerprint density at radius 2 is 1.88 bits per heavy atom. The molecule has 3 nitrogen and oxygen atoms in total. The maximum absolute atomic E-state index is 12.6. The van der Waals surface area contributed by atoms with E-state index in [1.165, 1.54) is 24.3 Å². The maximum atomic E-state index is 12.6. The van der Waals surface area contributed by atoms with Gasteiger partial charge in [-0.2, -0.15) is 0 Å². The predicted octanol–water partition coefficient (Wildman–Crippen LogP) is 3.51. The number of carbonyl (C=O) groups excluding carboxylic acids is 1. The molecule has 1 rings (SSSR count). The van der Waals surface area contributed by atoms with E-state index in [0.29, 0.717) is 11.6 Å². The van der Waals surface area contributed by atoms with Gasteiger partial charge >= 0.3 is 6.03 Å². The Morgan fingerprint density at radius 1 is 1.29 bits per heavy atom. The van der Waals surface area contributed by atoms with Gasteiger partial charge in [0, 0.05) is 11.9 Å². The molecule has 0 saturated heterocycles. The maximum Gasteiger partial charge on any atom is 0.323 e. The van der Waals surface area contributed by atoms with Crippen LogP contribution in [0.15, 0.2) is 36.0 Å². The number of hydrogen-bond acceptors (Lipinski definition) is 1. The van der Waals surface area contributed by atoms with Crippen LogP contribution in [-0.2, 0) is 0 Å². The van der Waals surface area contributed by atoms with Crippen molar-refractivity contribution in [2.45, 2.75) is 20.8 Å². The highest BCUT2D eigenvalue weighted by molar-refractivity contribution is 5.89. The number of urea groups is 1. The van der Waals surface area contributed by atoms with Crippen LogP contribution in [0.5, 0.6) is 0 Å². The Kier molecular flexibility index (Phi) is 4.69. The fourth-order valence-corrected chi connectivity index (χ4v) is 1.05. The number of rotatable bonds is 3. The molecule has 0 aliphatic heterocycles. The van der Waals surface area contributed by atoms with Crippen LogP contribution in [0.3, 0.4) is 0 Å². The largest absolute Gasteiger partial charge is 0.323 e. The molecule has 0 aliphatic rings. The van der Waals surface area contributed by atoms with Crippen LogP contribution < -0.4 is 10.6 Å². The molecule has 4 heteroatoms. The topological polar surface area (TPSA) is 41.1 Å². The van der Waals surface area contributed by atoms with Crippen molar-refractivity contribution in [1.82, 2.24) is 5.32 Å². The second-order valence-electron chi connectivity index (χ2n) is 4.15. The van der Waals surface area contributed by atoms with Crippen molar-refractivity contribution < 1.29 is 9.18 Å². The fourth-order valence-electron chi connectivity index (χ4n) is 1.05. The highest BCUT2D eigenvalue weighted by Crippen LogP contribution is 2.08. The standard InChI is InChI=1S/C13H17FN2O/c1-9(2)10(3)8-15-13(17)16-12-6-4-11(14)5-7-12/h4-9H,1-3H3,(H2,15,16,17)/b10-8+. The lowest BCUT2D eigenvalue weighted by molar-refractivity contribution is 0.255. The summed E-state index contributed by atoms with van der Waals surface area (Å²) in [6.07, 6.45) is 1.67. The minimum atomic E-state index is -0.336. The third-order valence-electron chi connectivity index (χ3n) is 2.44. The van der Waals surface area contributed by atoms with Gasteiger partial charge in [-0.15, -0.1) is 0 Å². The van der Waals surface area contributed by atoms with Crippen molar-refractivity contribution in [2.24, 2.45) is 5.92 Å². The summed E-state index contributed by atoms with van der Waals surface area (Å²) in [6.45, 7) is 6.04. The number of halogens is 1. The van der Waals surface area contributed by atoms with E-state index < -0.39 is 0 Å². The Balaban J connectivity index is 2.50. The summed E-state index contributed by atoms with van der Waals surface area (Å²) < 4.78 is 12.6. The molecule has 0 aromatic heterocycles. The molecular weight excluding hydrogens is 219 g/mol. The molecule has 0 saturated carbocycles. The molecule has 1 aromatic carbocycles. The molecule has 17 heavy (non-hydrogen) atoms. The summed E-state index contributed by atoms with van der Waals surface area (Å²) in [5.41, 5.74) is 1.64. The fraction of sp³-hybridized carbons (Fsp3) is 0.308. The minimum Gasteiger partial charge on any atom is -0.314 e. The van der Waals surface area contributed by atoms with Crippen molar-refractivity contribution >= 4 is 11.7 Å². The summed E-state index contributed by atoms with van der Waals surface area (Å²) in [5, 5.41) is 5.22. The summed E-state index contributed by atoms with van der Waals surface area (Å²) in [7, 11) is 0. The number of carbonyl (C=O) groups is 1. The number of hydrogen-bond donors (Lipinski definition) is 2. The lowest BCUT2D eigenvalue weighted by Crippen LogP contribution is -2.24. The summed E-state index contributed by atoms with van der Waals surface area (Å²) >= 11 is 0. The van der Waals surface area contributed by atoms with Crippen LogP contribution in [0.1, 0.15) is 20.8 Å². The first-order valence-electron chi connectivity index (χ1n) is 5.49. The van der Waals surface area contributed by atoms with Gasteiger partial charge < -0.3 is 10.6 Å². The van der Waals surface area contributed by atoms with Gasteiger partial charge in [0.15, 0.2) is 0 Å². The molecule has 1 aromatic rings. The van der Waals surface area contributed by atoms with Crippen LogP contribution in [0.4, 0.5) is 14.9 Å². The molecule has 0 heterocycles. The van der Waals surface area contributed by atoms with E-state index in [0.717, 1.165) is 5.57 Å². The zero-order valence-corrected chi connectivity index (χ0v) is 10.3. The van der Waals surface area contributed by atoms with Crippen LogP contribution in [0.2, 0.25) is 0 Å². The third-order valence-corrected chi connectivity index (χ3v) is 2.44. The van der Waals surface area contributed by atoms with Gasteiger partial charge in [0.25, 0.3) is 0 Å². The van der Waals surface area contributed by atoms with E-state index in [4.69, 9.17) is 0 Å². The Bertz CT molecular complexity index is 410. The van der Waals surface area contributed by atoms with E-state index in [1.54, 1.807) is 6.20 Å². The lowest BCUT2D eigenvalue weighted by atomic mass is 10.1. The number of nitrogens with one attached hydrogen (secondary N) is 2. The SMILES string of the molecule is C/C(=C\NC(=O)Nc1ccc(F)cc1)C(C)C. The Labute approximate surface area is 101 Å². The van der Waals surface area contributed by atoms with Crippen LogP contribution in [0.25, 0.3) is 0 Å². The van der Waals surface area contributed by atoms with Gasteiger partial charge in [-0.25, -0.2) is 9.18 Å². The number of amides is 2. The van der Waals surface area contributed by atoms with Gasteiger partial charge in [0.05, 0.1) is 0 Å². The smallest absolute Gasteiger partial charge is 0.314 e. The van der Waals surface area contributed by atoms with Crippen LogP contribution >= 0.6 is 0 Å². The normalized spacial score (nSPS) is 11.5. The molecule has 0 aliphatic carbocycles. The van der Waals surface area contributed by atoms with E-state index in [1.807, 2.05) is 20.8 Å². The van der Waals surface area contributed by atoms with E-state index in [-0.39, 0.29) is 11.8 Å².